The van der Waals surface area contributed by atoms with Crippen LogP contribution in [0.1, 0.15) is 0 Å². The van der Waals surface area contributed by atoms with E-state index in [-0.39, 0.29) is 5.88 Å². The maximum Gasteiger partial charge on any atom is 0.357 e. The predicted octanol–water partition coefficient (Wildman–Crippen LogP) is 2.56. The van der Waals surface area contributed by atoms with Gasteiger partial charge in [-0.1, -0.05) is 48.5 Å². The quantitative estimate of drug-likeness (QED) is 0.247. The molecule has 0 amide bonds. The lowest BCUT2D eigenvalue weighted by atomic mass is 10.0. The molecule has 0 aromatic heterocycles. The van der Waals surface area contributed by atoms with Crippen molar-refractivity contribution in [1.29, 1.82) is 0 Å². The first-order chi connectivity index (χ1) is 12.1. The van der Waals surface area contributed by atoms with Crippen molar-refractivity contribution in [2.75, 3.05) is 0 Å². The maximum absolute atomic E-state index is 10.9. The van der Waals surface area contributed by atoms with E-state index in [1.54, 1.807) is 12.1 Å². The number of hydrazine groups is 1. The van der Waals surface area contributed by atoms with Crippen LogP contribution in [0.4, 0.5) is 0 Å². The maximum atomic E-state index is 10.9. The lowest BCUT2D eigenvalue weighted by molar-refractivity contribution is -0.132. The SMILES string of the molecule is NN/C(Oc1ccc(-c2ccc3ccccc3c2)cc1)=C(\N)C(=O)O. The Balaban J connectivity index is 1.86. The highest BCUT2D eigenvalue weighted by molar-refractivity contribution is 5.87. The summed E-state index contributed by atoms with van der Waals surface area (Å²) < 4.78 is 5.39. The van der Waals surface area contributed by atoms with Gasteiger partial charge in [-0.3, -0.25) is 5.43 Å². The Hall–Kier alpha value is -3.51. The molecule has 0 heterocycles. The third-order valence-corrected chi connectivity index (χ3v) is 3.76. The number of carboxylic acid groups (broad SMARTS) is 1. The summed E-state index contributed by atoms with van der Waals surface area (Å²) in [6.45, 7) is 0. The van der Waals surface area contributed by atoms with Gasteiger partial charge in [0.2, 0.25) is 5.88 Å². The van der Waals surface area contributed by atoms with E-state index >= 15 is 0 Å². The second-order valence-corrected chi connectivity index (χ2v) is 5.38. The van der Waals surface area contributed by atoms with E-state index in [0.717, 1.165) is 16.5 Å². The monoisotopic (exact) mass is 335 g/mol. The normalized spacial score (nSPS) is 11.7. The molecule has 3 aromatic carbocycles. The van der Waals surface area contributed by atoms with Crippen molar-refractivity contribution < 1.29 is 14.6 Å². The molecular weight excluding hydrogens is 318 g/mol. The van der Waals surface area contributed by atoms with Crippen molar-refractivity contribution in [3.8, 4) is 16.9 Å². The van der Waals surface area contributed by atoms with Gasteiger partial charge in [-0.15, -0.1) is 0 Å². The number of ether oxygens (including phenoxy) is 1. The number of hydrogen-bond donors (Lipinski definition) is 4. The summed E-state index contributed by atoms with van der Waals surface area (Å²) in [5.74, 6) is 4.14. The Morgan fingerprint density at radius 2 is 1.56 bits per heavy atom. The van der Waals surface area contributed by atoms with E-state index in [0.29, 0.717) is 5.75 Å². The Bertz CT molecular complexity index is 950. The van der Waals surface area contributed by atoms with Crippen LogP contribution >= 0.6 is 0 Å². The third-order valence-electron chi connectivity index (χ3n) is 3.76. The van der Waals surface area contributed by atoms with Gasteiger partial charge in [0.15, 0.2) is 5.70 Å². The van der Waals surface area contributed by atoms with Crippen LogP contribution in [0.15, 0.2) is 78.3 Å². The third kappa shape index (κ3) is 3.54. The zero-order valence-corrected chi connectivity index (χ0v) is 13.3. The minimum Gasteiger partial charge on any atom is -0.476 e. The number of carbonyl (C=O) groups is 1. The van der Waals surface area contributed by atoms with E-state index < -0.39 is 11.7 Å². The zero-order valence-electron chi connectivity index (χ0n) is 13.3. The van der Waals surface area contributed by atoms with Crippen molar-refractivity contribution in [3.63, 3.8) is 0 Å². The van der Waals surface area contributed by atoms with E-state index in [9.17, 15) is 4.79 Å². The van der Waals surface area contributed by atoms with Gasteiger partial charge in [0.1, 0.15) is 5.75 Å². The molecule has 0 aliphatic rings. The van der Waals surface area contributed by atoms with E-state index in [1.807, 2.05) is 30.3 Å². The minimum absolute atomic E-state index is 0.217. The highest BCUT2D eigenvalue weighted by Crippen LogP contribution is 2.26. The smallest absolute Gasteiger partial charge is 0.357 e. The van der Waals surface area contributed by atoms with Gasteiger partial charge in [0.05, 0.1) is 0 Å². The molecule has 6 nitrogen and oxygen atoms in total. The standard InChI is InChI=1S/C19H17N3O3/c20-17(19(23)24)18(22-21)25-16-9-7-13(8-10-16)15-6-5-12-3-1-2-4-14(12)11-15/h1-11,22H,20-21H2,(H,23,24)/b18-17+. The molecule has 3 rings (SSSR count). The minimum atomic E-state index is -1.32. The van der Waals surface area contributed by atoms with Gasteiger partial charge < -0.3 is 15.6 Å². The van der Waals surface area contributed by atoms with Crippen LogP contribution in [0.3, 0.4) is 0 Å². The molecule has 25 heavy (non-hydrogen) atoms. The van der Waals surface area contributed by atoms with Crippen LogP contribution in [0, 0.1) is 0 Å². The summed E-state index contributed by atoms with van der Waals surface area (Å²) in [6.07, 6.45) is 0. The first-order valence-electron chi connectivity index (χ1n) is 7.55. The highest BCUT2D eigenvalue weighted by atomic mass is 16.5. The van der Waals surface area contributed by atoms with Gasteiger partial charge in [-0.25, -0.2) is 10.6 Å². The Labute approximate surface area is 144 Å². The molecule has 0 aliphatic carbocycles. The fourth-order valence-corrected chi connectivity index (χ4v) is 2.46. The van der Waals surface area contributed by atoms with Crippen LogP contribution in [0.2, 0.25) is 0 Å². The van der Waals surface area contributed by atoms with E-state index in [2.05, 4.69) is 29.7 Å². The molecule has 3 aromatic rings. The fourth-order valence-electron chi connectivity index (χ4n) is 2.46. The van der Waals surface area contributed by atoms with Crippen LogP contribution in [0.25, 0.3) is 21.9 Å². The van der Waals surface area contributed by atoms with Crippen LogP contribution < -0.4 is 21.7 Å². The van der Waals surface area contributed by atoms with Crippen molar-refractivity contribution in [2.45, 2.75) is 0 Å². The second-order valence-electron chi connectivity index (χ2n) is 5.38. The molecule has 6 heteroatoms. The largest absolute Gasteiger partial charge is 0.476 e. The second kappa shape index (κ2) is 6.94. The molecule has 0 radical (unpaired) electrons. The Morgan fingerprint density at radius 3 is 2.20 bits per heavy atom. The lowest BCUT2D eigenvalue weighted by Crippen LogP contribution is -2.31. The van der Waals surface area contributed by atoms with Gasteiger partial charge >= 0.3 is 5.97 Å². The Morgan fingerprint density at radius 1 is 0.920 bits per heavy atom. The summed E-state index contributed by atoms with van der Waals surface area (Å²) >= 11 is 0. The van der Waals surface area contributed by atoms with Crippen LogP contribution in [0.5, 0.6) is 5.75 Å². The topological polar surface area (TPSA) is 111 Å². The van der Waals surface area contributed by atoms with Crippen molar-refractivity contribution in [1.82, 2.24) is 5.43 Å². The zero-order chi connectivity index (χ0) is 17.8. The number of hydrogen-bond acceptors (Lipinski definition) is 5. The van der Waals surface area contributed by atoms with Gasteiger partial charge in [0.25, 0.3) is 0 Å². The molecular formula is C19H17N3O3. The summed E-state index contributed by atoms with van der Waals surface area (Å²) in [7, 11) is 0. The fraction of sp³-hybridized carbons (Fsp3) is 0. The number of nitrogens with two attached hydrogens (primary N) is 2. The van der Waals surface area contributed by atoms with E-state index in [4.69, 9.17) is 21.4 Å². The number of nitrogens with one attached hydrogen (secondary N) is 1. The van der Waals surface area contributed by atoms with E-state index in [1.165, 1.54) is 5.39 Å². The molecule has 0 bridgehead atoms. The number of benzene rings is 3. The number of aliphatic carboxylic acids is 1. The van der Waals surface area contributed by atoms with Crippen LogP contribution in [-0.2, 0) is 4.79 Å². The molecule has 0 aliphatic heterocycles. The number of carboxylic acids is 1. The van der Waals surface area contributed by atoms with Crippen LogP contribution in [-0.4, -0.2) is 11.1 Å². The molecule has 0 spiro atoms. The van der Waals surface area contributed by atoms with Crippen molar-refractivity contribution >= 4 is 16.7 Å². The number of fused-ring (bicyclic) bond motifs is 1. The predicted molar refractivity (Wildman–Crippen MR) is 96.2 cm³/mol. The number of rotatable bonds is 5. The summed E-state index contributed by atoms with van der Waals surface area (Å²) in [6, 6.07) is 21.6. The van der Waals surface area contributed by atoms with Crippen molar-refractivity contribution in [2.24, 2.45) is 11.6 Å². The molecule has 0 fully saturated rings. The average Bonchev–Trinajstić information content (AvgIpc) is 2.65. The van der Waals surface area contributed by atoms with Gasteiger partial charge in [-0.05, 0) is 40.1 Å². The first-order valence-corrected chi connectivity index (χ1v) is 7.55. The lowest BCUT2D eigenvalue weighted by Gasteiger charge is -2.11. The molecule has 0 atom stereocenters. The average molecular weight is 335 g/mol. The molecule has 6 N–H and O–H groups in total. The van der Waals surface area contributed by atoms with Gasteiger partial charge in [0, 0.05) is 0 Å². The first kappa shape index (κ1) is 16.4. The summed E-state index contributed by atoms with van der Waals surface area (Å²) in [5, 5.41) is 11.2. The van der Waals surface area contributed by atoms with Gasteiger partial charge in [-0.2, -0.15) is 0 Å². The molecule has 126 valence electrons. The molecule has 0 unspecified atom stereocenters. The molecule has 0 saturated carbocycles. The highest BCUT2D eigenvalue weighted by Gasteiger charge is 2.12. The molecule has 0 saturated heterocycles. The summed E-state index contributed by atoms with van der Waals surface area (Å²) in [5.41, 5.74) is 9.14. The van der Waals surface area contributed by atoms with Crippen molar-refractivity contribution in [3.05, 3.63) is 78.3 Å². The Kier molecular flexibility index (Phi) is 4.54. The summed E-state index contributed by atoms with van der Waals surface area (Å²) in [4.78, 5) is 10.9.